The van der Waals surface area contributed by atoms with E-state index in [2.05, 4.69) is 38.2 Å². The summed E-state index contributed by atoms with van der Waals surface area (Å²) in [6, 6.07) is 3.77. The lowest BCUT2D eigenvalue weighted by atomic mass is 10.0. The highest BCUT2D eigenvalue weighted by molar-refractivity contribution is 7.80. The van der Waals surface area contributed by atoms with E-state index in [0.29, 0.717) is 31.5 Å². The van der Waals surface area contributed by atoms with E-state index in [9.17, 15) is 24.3 Å². The number of aliphatic carboxylic acids is 1. The van der Waals surface area contributed by atoms with E-state index in [1.165, 1.54) is 17.4 Å². The number of aromatic amines is 2. The molecule has 0 saturated carbocycles. The molecular formula is C25H31N7O5S. The standard InChI is InChI=1S/C25H31N7O5S/c26-17(8-14-10-28-18-5-2-1-4-16(14)18)24(35)32-7-3-6-21(32)23(34)30-19(9-15-11-27-13-29-15)22(33)31-20(12-38)25(36)37/h1-2,4-5,10-11,13,17,19-21,28,38H,3,6-9,12,26H2,(H,27,29)(H,30,34)(H,31,33)(H,36,37). The van der Waals surface area contributed by atoms with Crippen molar-refractivity contribution in [3.05, 3.63) is 54.2 Å². The Morgan fingerprint density at radius 3 is 2.66 bits per heavy atom. The topological polar surface area (TPSA) is 186 Å². The average Bonchev–Trinajstić information content (AvgIpc) is 3.67. The molecule has 7 N–H and O–H groups in total. The Labute approximate surface area is 224 Å². The summed E-state index contributed by atoms with van der Waals surface area (Å²) in [7, 11) is 0. The molecule has 0 aliphatic carbocycles. The summed E-state index contributed by atoms with van der Waals surface area (Å²) < 4.78 is 0. The van der Waals surface area contributed by atoms with E-state index >= 15 is 0 Å². The molecule has 3 heterocycles. The van der Waals surface area contributed by atoms with Crippen LogP contribution >= 0.6 is 12.6 Å². The van der Waals surface area contributed by atoms with Gasteiger partial charge in [-0.15, -0.1) is 0 Å². The number of carbonyl (C=O) groups excluding carboxylic acids is 3. The largest absolute Gasteiger partial charge is 0.480 e. The van der Waals surface area contributed by atoms with E-state index in [-0.39, 0.29) is 18.1 Å². The van der Waals surface area contributed by atoms with Gasteiger partial charge in [-0.25, -0.2) is 9.78 Å². The fourth-order valence-electron chi connectivity index (χ4n) is 4.69. The third-order valence-electron chi connectivity index (χ3n) is 6.68. The monoisotopic (exact) mass is 541 g/mol. The fraction of sp³-hybridized carbons (Fsp3) is 0.400. The van der Waals surface area contributed by atoms with Crippen LogP contribution in [0, 0.1) is 0 Å². The molecule has 1 fully saturated rings. The summed E-state index contributed by atoms with van der Waals surface area (Å²) in [5.41, 5.74) is 8.74. The number of H-pyrrole nitrogens is 2. The number of thiol groups is 1. The zero-order chi connectivity index (χ0) is 27.2. The summed E-state index contributed by atoms with van der Waals surface area (Å²) in [5.74, 6) is -2.89. The third-order valence-corrected chi connectivity index (χ3v) is 7.04. The zero-order valence-electron chi connectivity index (χ0n) is 20.6. The Morgan fingerprint density at radius 1 is 1.16 bits per heavy atom. The molecule has 3 amide bonds. The first kappa shape index (κ1) is 27.2. The summed E-state index contributed by atoms with van der Waals surface area (Å²) in [6.07, 6.45) is 6.17. The van der Waals surface area contributed by atoms with Crippen molar-refractivity contribution in [3.8, 4) is 0 Å². The van der Waals surface area contributed by atoms with Crippen LogP contribution in [0.3, 0.4) is 0 Å². The number of rotatable bonds is 11. The molecule has 12 nitrogen and oxygen atoms in total. The van der Waals surface area contributed by atoms with Gasteiger partial charge >= 0.3 is 5.97 Å². The zero-order valence-corrected chi connectivity index (χ0v) is 21.5. The number of amides is 3. The number of likely N-dealkylation sites (tertiary alicyclic amines) is 1. The van der Waals surface area contributed by atoms with Crippen LogP contribution in [0.4, 0.5) is 0 Å². The van der Waals surface area contributed by atoms with Crippen LogP contribution in [0.1, 0.15) is 24.1 Å². The molecule has 2 aromatic heterocycles. The summed E-state index contributed by atoms with van der Waals surface area (Å²) >= 11 is 3.98. The number of carboxylic acid groups (broad SMARTS) is 1. The minimum absolute atomic E-state index is 0.0528. The minimum atomic E-state index is -1.24. The van der Waals surface area contributed by atoms with Gasteiger partial charge in [0.05, 0.1) is 12.4 Å². The van der Waals surface area contributed by atoms with Gasteiger partial charge in [0.2, 0.25) is 17.7 Å². The normalized spacial score (nSPS) is 17.6. The number of nitrogens with two attached hydrogens (primary N) is 1. The molecule has 4 atom stereocenters. The third kappa shape index (κ3) is 6.17. The van der Waals surface area contributed by atoms with Gasteiger partial charge in [0.15, 0.2) is 0 Å². The number of nitrogens with one attached hydrogen (secondary N) is 4. The smallest absolute Gasteiger partial charge is 0.327 e. The molecule has 4 rings (SSSR count). The van der Waals surface area contributed by atoms with Crippen molar-refractivity contribution in [2.75, 3.05) is 12.3 Å². The Balaban J connectivity index is 1.44. The van der Waals surface area contributed by atoms with Crippen molar-refractivity contribution < 1.29 is 24.3 Å². The second kappa shape index (κ2) is 12.1. The number of para-hydroxylation sites is 1. The molecule has 13 heteroatoms. The number of fused-ring (bicyclic) bond motifs is 1. The quantitative estimate of drug-likeness (QED) is 0.166. The molecule has 202 valence electrons. The SMILES string of the molecule is NC(Cc1c[nH]c2ccccc12)C(=O)N1CCCC1C(=O)NC(Cc1cnc[nH]1)C(=O)NC(CS)C(=O)O. The van der Waals surface area contributed by atoms with Crippen molar-refractivity contribution in [1.29, 1.82) is 0 Å². The molecule has 0 spiro atoms. The number of benzene rings is 1. The number of hydrogen-bond acceptors (Lipinski definition) is 7. The highest BCUT2D eigenvalue weighted by Gasteiger charge is 2.38. The summed E-state index contributed by atoms with van der Waals surface area (Å²) in [6.45, 7) is 0.372. The Bertz CT molecular complexity index is 1290. The molecule has 1 aliphatic heterocycles. The van der Waals surface area contributed by atoms with Crippen LogP contribution in [0.15, 0.2) is 43.0 Å². The molecule has 0 bridgehead atoms. The van der Waals surface area contributed by atoms with Gasteiger partial charge in [0, 0.05) is 47.7 Å². The predicted molar refractivity (Wildman–Crippen MR) is 142 cm³/mol. The Kier molecular flexibility index (Phi) is 8.69. The van der Waals surface area contributed by atoms with Crippen LogP contribution in [-0.2, 0) is 32.0 Å². The summed E-state index contributed by atoms with van der Waals surface area (Å²) in [5, 5.41) is 15.4. The van der Waals surface area contributed by atoms with Crippen molar-refractivity contribution >= 4 is 47.2 Å². The maximum atomic E-state index is 13.3. The molecule has 4 unspecified atom stereocenters. The van der Waals surface area contributed by atoms with E-state index in [0.717, 1.165) is 16.5 Å². The van der Waals surface area contributed by atoms with Crippen LogP contribution in [0.2, 0.25) is 0 Å². The van der Waals surface area contributed by atoms with Crippen LogP contribution in [0.25, 0.3) is 10.9 Å². The molecule has 3 aromatic rings. The first-order valence-corrected chi connectivity index (χ1v) is 12.9. The molecule has 1 aliphatic rings. The average molecular weight is 542 g/mol. The van der Waals surface area contributed by atoms with Crippen molar-refractivity contribution in [2.45, 2.75) is 49.9 Å². The van der Waals surface area contributed by atoms with Gasteiger partial charge in [0.25, 0.3) is 0 Å². The molecule has 0 radical (unpaired) electrons. The van der Waals surface area contributed by atoms with Crippen LogP contribution in [0.5, 0.6) is 0 Å². The van der Waals surface area contributed by atoms with E-state index in [4.69, 9.17) is 5.73 Å². The number of carbonyl (C=O) groups is 4. The van der Waals surface area contributed by atoms with Gasteiger partial charge in [-0.2, -0.15) is 12.6 Å². The minimum Gasteiger partial charge on any atom is -0.480 e. The van der Waals surface area contributed by atoms with Gasteiger partial charge in [0.1, 0.15) is 18.1 Å². The second-order valence-corrected chi connectivity index (χ2v) is 9.65. The van der Waals surface area contributed by atoms with Crippen LogP contribution in [-0.4, -0.2) is 85.1 Å². The lowest BCUT2D eigenvalue weighted by Crippen LogP contribution is -2.57. The molecule has 1 saturated heterocycles. The number of nitrogens with zero attached hydrogens (tertiary/aromatic N) is 2. The number of imidazole rings is 1. The lowest BCUT2D eigenvalue weighted by molar-refractivity contribution is -0.142. The number of hydrogen-bond donors (Lipinski definition) is 7. The predicted octanol–water partition coefficient (Wildman–Crippen LogP) is -0.0215. The van der Waals surface area contributed by atoms with Gasteiger partial charge in [-0.1, -0.05) is 18.2 Å². The molecule has 38 heavy (non-hydrogen) atoms. The van der Waals surface area contributed by atoms with Gasteiger partial charge < -0.3 is 36.3 Å². The first-order valence-electron chi connectivity index (χ1n) is 12.3. The Hall–Kier alpha value is -3.84. The van der Waals surface area contributed by atoms with Crippen LogP contribution < -0.4 is 16.4 Å². The van der Waals surface area contributed by atoms with Gasteiger partial charge in [-0.05, 0) is 30.9 Å². The number of aromatic nitrogens is 3. The maximum Gasteiger partial charge on any atom is 0.327 e. The van der Waals surface area contributed by atoms with Crippen molar-refractivity contribution in [3.63, 3.8) is 0 Å². The first-order chi connectivity index (χ1) is 18.3. The van der Waals surface area contributed by atoms with E-state index < -0.39 is 42.0 Å². The van der Waals surface area contributed by atoms with Crippen molar-refractivity contribution in [1.82, 2.24) is 30.5 Å². The second-order valence-electron chi connectivity index (χ2n) is 9.28. The van der Waals surface area contributed by atoms with E-state index in [1.807, 2.05) is 30.5 Å². The fourth-order valence-corrected chi connectivity index (χ4v) is 4.94. The number of carboxylic acids is 1. The van der Waals surface area contributed by atoms with Crippen molar-refractivity contribution in [2.24, 2.45) is 5.73 Å². The lowest BCUT2D eigenvalue weighted by Gasteiger charge is -2.28. The highest BCUT2D eigenvalue weighted by Crippen LogP contribution is 2.22. The Morgan fingerprint density at radius 2 is 1.95 bits per heavy atom. The van der Waals surface area contributed by atoms with Gasteiger partial charge in [-0.3, -0.25) is 14.4 Å². The molecular weight excluding hydrogens is 510 g/mol. The summed E-state index contributed by atoms with van der Waals surface area (Å²) in [4.78, 5) is 62.4. The van der Waals surface area contributed by atoms with E-state index in [1.54, 1.807) is 0 Å². The highest BCUT2D eigenvalue weighted by atomic mass is 32.1. The maximum absolute atomic E-state index is 13.3. The molecule has 1 aromatic carbocycles.